The summed E-state index contributed by atoms with van der Waals surface area (Å²) in [5, 5.41) is 1.51. The maximum atomic E-state index is 11.5. The molecule has 0 aliphatic heterocycles. The Balaban J connectivity index is 2.84. The first-order chi connectivity index (χ1) is 8.06. The summed E-state index contributed by atoms with van der Waals surface area (Å²) in [6, 6.07) is 3.58. The predicted octanol–water partition coefficient (Wildman–Crippen LogP) is 3.64. The second-order valence-electron chi connectivity index (χ2n) is 3.57. The number of hydrogen-bond donors (Lipinski definition) is 0. The number of fused-ring (bicyclic) bond motifs is 1. The molecule has 1 heterocycles. The quantitative estimate of drug-likeness (QED) is 0.742. The van der Waals surface area contributed by atoms with Gasteiger partial charge in [0.15, 0.2) is 0 Å². The van der Waals surface area contributed by atoms with Crippen molar-refractivity contribution in [2.75, 3.05) is 7.11 Å². The summed E-state index contributed by atoms with van der Waals surface area (Å²) in [6.45, 7) is 1.88. The van der Waals surface area contributed by atoms with Gasteiger partial charge in [0, 0.05) is 11.6 Å². The standard InChI is InChI=1S/C12H9Cl2NO2/c1-6-3-4-8(13)11-9(6)10(14)7(5-15-11)12(16)17-2/h3-5H,1-2H3. The van der Waals surface area contributed by atoms with E-state index in [-0.39, 0.29) is 5.56 Å². The van der Waals surface area contributed by atoms with Crippen LogP contribution in [0.15, 0.2) is 18.3 Å². The zero-order chi connectivity index (χ0) is 12.6. The zero-order valence-electron chi connectivity index (χ0n) is 9.25. The summed E-state index contributed by atoms with van der Waals surface area (Å²) in [5.74, 6) is -0.510. The van der Waals surface area contributed by atoms with Crippen molar-refractivity contribution in [1.82, 2.24) is 4.98 Å². The van der Waals surface area contributed by atoms with E-state index in [0.29, 0.717) is 20.9 Å². The molecule has 0 spiro atoms. The van der Waals surface area contributed by atoms with E-state index in [4.69, 9.17) is 23.2 Å². The molecule has 0 unspecified atom stereocenters. The second kappa shape index (κ2) is 4.51. The highest BCUT2D eigenvalue weighted by atomic mass is 35.5. The molecule has 88 valence electrons. The van der Waals surface area contributed by atoms with Crippen LogP contribution >= 0.6 is 23.2 Å². The van der Waals surface area contributed by atoms with E-state index in [1.807, 2.05) is 13.0 Å². The van der Waals surface area contributed by atoms with E-state index in [2.05, 4.69) is 9.72 Å². The Kier molecular flexibility index (Phi) is 3.22. The highest BCUT2D eigenvalue weighted by Gasteiger charge is 2.16. The lowest BCUT2D eigenvalue weighted by Gasteiger charge is -2.08. The molecule has 1 aromatic heterocycles. The van der Waals surface area contributed by atoms with Crippen molar-refractivity contribution in [2.45, 2.75) is 6.92 Å². The zero-order valence-corrected chi connectivity index (χ0v) is 10.8. The van der Waals surface area contributed by atoms with Crippen LogP contribution in [-0.4, -0.2) is 18.1 Å². The Morgan fingerprint density at radius 1 is 1.35 bits per heavy atom. The fourth-order valence-electron chi connectivity index (χ4n) is 1.64. The molecular formula is C12H9Cl2NO2. The Bertz CT molecular complexity index is 611. The summed E-state index contributed by atoms with van der Waals surface area (Å²) in [4.78, 5) is 15.6. The van der Waals surface area contributed by atoms with Crippen LogP contribution in [0.1, 0.15) is 15.9 Å². The molecule has 0 N–H and O–H groups in total. The Morgan fingerprint density at radius 3 is 2.71 bits per heavy atom. The van der Waals surface area contributed by atoms with Gasteiger partial charge in [0.25, 0.3) is 0 Å². The third kappa shape index (κ3) is 1.96. The van der Waals surface area contributed by atoms with Crippen molar-refractivity contribution in [2.24, 2.45) is 0 Å². The average molecular weight is 270 g/mol. The molecule has 0 fully saturated rings. The molecule has 0 bridgehead atoms. The molecule has 1 aromatic carbocycles. The van der Waals surface area contributed by atoms with Gasteiger partial charge in [0.05, 0.1) is 28.2 Å². The molecular weight excluding hydrogens is 261 g/mol. The molecule has 5 heteroatoms. The lowest BCUT2D eigenvalue weighted by Crippen LogP contribution is -2.03. The van der Waals surface area contributed by atoms with Crippen molar-refractivity contribution in [1.29, 1.82) is 0 Å². The number of aryl methyl sites for hydroxylation is 1. The number of rotatable bonds is 1. The van der Waals surface area contributed by atoms with Crippen molar-refractivity contribution in [3.8, 4) is 0 Å². The molecule has 2 aromatic rings. The monoisotopic (exact) mass is 269 g/mol. The third-order valence-electron chi connectivity index (χ3n) is 2.52. The van der Waals surface area contributed by atoms with Gasteiger partial charge in [-0.3, -0.25) is 4.98 Å². The van der Waals surface area contributed by atoms with Gasteiger partial charge in [-0.25, -0.2) is 4.79 Å². The summed E-state index contributed by atoms with van der Waals surface area (Å²) >= 11 is 12.2. The van der Waals surface area contributed by atoms with Gasteiger partial charge >= 0.3 is 5.97 Å². The SMILES string of the molecule is COC(=O)c1cnc2c(Cl)ccc(C)c2c1Cl. The largest absolute Gasteiger partial charge is 0.465 e. The molecule has 2 rings (SSSR count). The number of carbonyl (C=O) groups is 1. The smallest absolute Gasteiger partial charge is 0.340 e. The van der Waals surface area contributed by atoms with Crippen LogP contribution in [0.2, 0.25) is 10.0 Å². The summed E-state index contributed by atoms with van der Waals surface area (Å²) in [6.07, 6.45) is 1.38. The van der Waals surface area contributed by atoms with Gasteiger partial charge < -0.3 is 4.74 Å². The molecule has 0 amide bonds. The minimum atomic E-state index is -0.510. The average Bonchev–Trinajstić information content (AvgIpc) is 2.33. The second-order valence-corrected chi connectivity index (χ2v) is 4.35. The number of esters is 1. The van der Waals surface area contributed by atoms with Crippen LogP contribution in [0.25, 0.3) is 10.9 Å². The topological polar surface area (TPSA) is 39.2 Å². The molecule has 0 aliphatic rings. The van der Waals surface area contributed by atoms with Crippen LogP contribution in [0.3, 0.4) is 0 Å². The van der Waals surface area contributed by atoms with Crippen LogP contribution in [-0.2, 0) is 4.74 Å². The maximum Gasteiger partial charge on any atom is 0.340 e. The van der Waals surface area contributed by atoms with Gasteiger partial charge in [-0.05, 0) is 18.6 Å². The first-order valence-electron chi connectivity index (χ1n) is 4.88. The minimum absolute atomic E-state index is 0.243. The van der Waals surface area contributed by atoms with Crippen LogP contribution in [0, 0.1) is 6.92 Å². The Hall–Kier alpha value is -1.32. The lowest BCUT2D eigenvalue weighted by molar-refractivity contribution is 0.0600. The van der Waals surface area contributed by atoms with Gasteiger partial charge in [-0.2, -0.15) is 0 Å². The summed E-state index contributed by atoms with van der Waals surface area (Å²) in [5.41, 5.74) is 1.74. The number of methoxy groups -OCH3 is 1. The summed E-state index contributed by atoms with van der Waals surface area (Å²) < 4.78 is 4.64. The molecule has 0 aliphatic carbocycles. The normalized spacial score (nSPS) is 10.6. The Morgan fingerprint density at radius 2 is 2.06 bits per heavy atom. The number of benzene rings is 1. The third-order valence-corrected chi connectivity index (χ3v) is 3.22. The summed E-state index contributed by atoms with van der Waals surface area (Å²) in [7, 11) is 1.30. The van der Waals surface area contributed by atoms with Crippen LogP contribution < -0.4 is 0 Å². The number of hydrogen-bond acceptors (Lipinski definition) is 3. The van der Waals surface area contributed by atoms with Gasteiger partial charge in [-0.15, -0.1) is 0 Å². The van der Waals surface area contributed by atoms with Crippen molar-refractivity contribution in [3.05, 3.63) is 39.5 Å². The molecule has 0 radical (unpaired) electrons. The number of carbonyl (C=O) groups excluding carboxylic acids is 1. The highest BCUT2D eigenvalue weighted by molar-refractivity contribution is 6.41. The van der Waals surface area contributed by atoms with Gasteiger partial charge in [-0.1, -0.05) is 29.3 Å². The highest BCUT2D eigenvalue weighted by Crippen LogP contribution is 2.32. The molecule has 3 nitrogen and oxygen atoms in total. The van der Waals surface area contributed by atoms with E-state index < -0.39 is 5.97 Å². The van der Waals surface area contributed by atoms with E-state index in [1.165, 1.54) is 13.3 Å². The van der Waals surface area contributed by atoms with Crippen molar-refractivity contribution < 1.29 is 9.53 Å². The fraction of sp³-hybridized carbons (Fsp3) is 0.167. The maximum absolute atomic E-state index is 11.5. The Labute approximate surface area is 108 Å². The molecule has 17 heavy (non-hydrogen) atoms. The van der Waals surface area contributed by atoms with E-state index in [1.54, 1.807) is 6.07 Å². The van der Waals surface area contributed by atoms with E-state index >= 15 is 0 Å². The number of ether oxygens (including phenoxy) is 1. The predicted molar refractivity (Wildman–Crippen MR) is 67.8 cm³/mol. The van der Waals surface area contributed by atoms with Crippen LogP contribution in [0.5, 0.6) is 0 Å². The number of halogens is 2. The molecule has 0 atom stereocenters. The minimum Gasteiger partial charge on any atom is -0.465 e. The van der Waals surface area contributed by atoms with E-state index in [0.717, 1.165) is 5.56 Å². The van der Waals surface area contributed by atoms with Crippen LogP contribution in [0.4, 0.5) is 0 Å². The number of pyridine rings is 1. The lowest BCUT2D eigenvalue weighted by atomic mass is 10.1. The first kappa shape index (κ1) is 12.1. The van der Waals surface area contributed by atoms with Crippen molar-refractivity contribution >= 4 is 40.1 Å². The van der Waals surface area contributed by atoms with Gasteiger partial charge in [0.2, 0.25) is 0 Å². The van der Waals surface area contributed by atoms with E-state index in [9.17, 15) is 4.79 Å². The number of nitrogens with zero attached hydrogens (tertiary/aromatic N) is 1. The van der Waals surface area contributed by atoms with Crippen molar-refractivity contribution in [3.63, 3.8) is 0 Å². The molecule has 0 saturated heterocycles. The number of aromatic nitrogens is 1. The first-order valence-corrected chi connectivity index (χ1v) is 5.63. The van der Waals surface area contributed by atoms with Gasteiger partial charge in [0.1, 0.15) is 0 Å². The fourth-order valence-corrected chi connectivity index (χ4v) is 2.21. The molecule has 0 saturated carbocycles.